The van der Waals surface area contributed by atoms with Crippen LogP contribution in [0.25, 0.3) is 10.8 Å². The van der Waals surface area contributed by atoms with Crippen molar-refractivity contribution >= 4 is 56.1 Å². The first-order valence-electron chi connectivity index (χ1n) is 19.2. The van der Waals surface area contributed by atoms with Crippen LogP contribution in [0.3, 0.4) is 0 Å². The van der Waals surface area contributed by atoms with E-state index in [1.807, 2.05) is 93.6 Å². The highest BCUT2D eigenvalue weighted by Gasteiger charge is 2.78. The minimum Gasteiger partial charge on any atom is -0.455 e. The van der Waals surface area contributed by atoms with Gasteiger partial charge in [0.15, 0.2) is 0 Å². The molecule has 3 aromatic carbocycles. The first-order chi connectivity index (χ1) is 26.4. The summed E-state index contributed by atoms with van der Waals surface area (Å²) >= 11 is 3.78. The summed E-state index contributed by atoms with van der Waals surface area (Å²) in [5, 5.41) is 12.8. The summed E-state index contributed by atoms with van der Waals surface area (Å²) in [6, 6.07) is 20.5. The summed E-state index contributed by atoms with van der Waals surface area (Å²) in [6.07, 6.45) is 3.42. The van der Waals surface area contributed by atoms with Gasteiger partial charge in [-0.2, -0.15) is 0 Å². The zero-order valence-corrected chi connectivity index (χ0v) is 33.6. The minimum absolute atomic E-state index is 0.120. The van der Waals surface area contributed by atoms with Gasteiger partial charge < -0.3 is 29.3 Å². The number of carbonyl (C=O) groups excluding carboxylic acids is 4. The number of alkyl halides is 1. The Hall–Kier alpha value is -4.32. The third-order valence-corrected chi connectivity index (χ3v) is 12.9. The molecule has 2 bridgehead atoms. The first kappa shape index (κ1) is 40.3. The number of esters is 1. The van der Waals surface area contributed by atoms with Crippen molar-refractivity contribution in [2.24, 2.45) is 17.8 Å². The molecular weight excluding hydrogens is 762 g/mol. The predicted octanol–water partition coefficient (Wildman–Crippen LogP) is 6.61. The number of aliphatic hydroxyl groups is 1. The molecular formula is C44H52BrN3O7. The number of likely N-dealkylation sites (N-methyl/N-ethyl adjacent to an activating group) is 1. The number of allylic oxidation sites excluding steroid dienone is 1. The highest BCUT2D eigenvalue weighted by molar-refractivity contribution is 9.09. The van der Waals surface area contributed by atoms with Crippen LogP contribution in [0.15, 0.2) is 98.1 Å². The Kier molecular flexibility index (Phi) is 12.3. The van der Waals surface area contributed by atoms with Crippen LogP contribution in [0.1, 0.15) is 58.1 Å². The van der Waals surface area contributed by atoms with E-state index in [-0.39, 0.29) is 42.1 Å². The molecule has 11 heteroatoms. The van der Waals surface area contributed by atoms with E-state index in [0.29, 0.717) is 30.5 Å². The zero-order chi connectivity index (χ0) is 39.6. The Morgan fingerprint density at radius 3 is 2.40 bits per heavy atom. The Morgan fingerprint density at radius 2 is 1.75 bits per heavy atom. The second-order valence-electron chi connectivity index (χ2n) is 15.2. The van der Waals surface area contributed by atoms with Gasteiger partial charge in [-0.05, 0) is 54.2 Å². The Bertz CT molecular complexity index is 1920. The zero-order valence-electron chi connectivity index (χ0n) is 32.1. The van der Waals surface area contributed by atoms with E-state index < -0.39 is 59.6 Å². The number of hydrogen-bond acceptors (Lipinski definition) is 7. The van der Waals surface area contributed by atoms with Crippen molar-refractivity contribution in [2.75, 3.05) is 25.1 Å². The van der Waals surface area contributed by atoms with Gasteiger partial charge in [0, 0.05) is 30.5 Å². The van der Waals surface area contributed by atoms with Crippen molar-refractivity contribution in [2.45, 2.75) is 87.2 Å². The highest BCUT2D eigenvalue weighted by atomic mass is 79.9. The van der Waals surface area contributed by atoms with Crippen molar-refractivity contribution in [3.8, 4) is 0 Å². The SMILES string of the molecule is C=CCCC(=O)N(C)[C@H](C)[C@H](OC(=O)[C@H]1[C@@H]2O[C@@]3(CC2Br)[C@@H]1C(=O)N([C@@H](CO)[C@@H](C)CC)[C@@H]3C(=O)N(CC=C)c1ccc2ccccc2c1)c1ccccc1. The maximum Gasteiger partial charge on any atom is 0.313 e. The summed E-state index contributed by atoms with van der Waals surface area (Å²) in [6.45, 7) is 13.2. The van der Waals surface area contributed by atoms with Crippen molar-refractivity contribution in [3.05, 3.63) is 104 Å². The number of halogens is 1. The van der Waals surface area contributed by atoms with Gasteiger partial charge >= 0.3 is 5.97 Å². The molecule has 0 saturated carbocycles. The van der Waals surface area contributed by atoms with E-state index >= 15 is 9.59 Å². The molecule has 3 aliphatic rings. The molecule has 3 amide bonds. The number of ether oxygens (including phenoxy) is 2. The molecule has 10 nitrogen and oxygen atoms in total. The van der Waals surface area contributed by atoms with Crippen LogP contribution in [0.2, 0.25) is 0 Å². The van der Waals surface area contributed by atoms with Gasteiger partial charge in [-0.25, -0.2) is 0 Å². The molecule has 10 atom stereocenters. The van der Waals surface area contributed by atoms with E-state index in [9.17, 15) is 14.7 Å². The lowest BCUT2D eigenvalue weighted by Crippen LogP contribution is -2.60. The molecule has 6 rings (SSSR count). The highest BCUT2D eigenvalue weighted by Crippen LogP contribution is 2.61. The molecule has 55 heavy (non-hydrogen) atoms. The maximum absolute atomic E-state index is 15.3. The van der Waals surface area contributed by atoms with Crippen molar-refractivity contribution < 1.29 is 33.8 Å². The first-order valence-corrected chi connectivity index (χ1v) is 20.1. The van der Waals surface area contributed by atoms with Gasteiger partial charge in [-0.3, -0.25) is 19.2 Å². The third-order valence-electron chi connectivity index (χ3n) is 12.1. The van der Waals surface area contributed by atoms with Crippen molar-refractivity contribution in [1.29, 1.82) is 0 Å². The molecule has 3 aromatic rings. The van der Waals surface area contributed by atoms with Crippen molar-refractivity contribution in [3.63, 3.8) is 0 Å². The van der Waals surface area contributed by atoms with E-state index in [1.54, 1.807) is 29.0 Å². The van der Waals surface area contributed by atoms with Crippen LogP contribution >= 0.6 is 15.9 Å². The summed E-state index contributed by atoms with van der Waals surface area (Å²) < 4.78 is 13.3. The van der Waals surface area contributed by atoms with E-state index in [1.165, 1.54) is 4.90 Å². The molecule has 3 fully saturated rings. The summed E-state index contributed by atoms with van der Waals surface area (Å²) in [7, 11) is 1.69. The molecule has 1 spiro atoms. The smallest absolute Gasteiger partial charge is 0.313 e. The van der Waals surface area contributed by atoms with Gasteiger partial charge in [0.05, 0.1) is 36.6 Å². The number of likely N-dealkylation sites (tertiary alicyclic amines) is 1. The molecule has 0 aliphatic carbocycles. The van der Waals surface area contributed by atoms with Gasteiger partial charge in [0.25, 0.3) is 5.91 Å². The number of hydrogen-bond donors (Lipinski definition) is 1. The van der Waals surface area contributed by atoms with Gasteiger partial charge in [0.1, 0.15) is 17.7 Å². The van der Waals surface area contributed by atoms with Gasteiger partial charge in [-0.1, -0.05) is 109 Å². The number of fused-ring (bicyclic) bond motifs is 2. The number of carbonyl (C=O) groups is 4. The number of rotatable bonds is 16. The molecule has 1 unspecified atom stereocenters. The fourth-order valence-corrected chi connectivity index (χ4v) is 9.80. The largest absolute Gasteiger partial charge is 0.455 e. The Labute approximate surface area is 332 Å². The average molecular weight is 815 g/mol. The van der Waals surface area contributed by atoms with E-state index in [4.69, 9.17) is 9.47 Å². The molecule has 1 N–H and O–H groups in total. The number of aliphatic hydroxyl groups excluding tert-OH is 1. The lowest BCUT2D eigenvalue weighted by Gasteiger charge is -2.41. The van der Waals surface area contributed by atoms with Gasteiger partial charge in [0.2, 0.25) is 11.8 Å². The topological polar surface area (TPSA) is 117 Å². The fourth-order valence-electron chi connectivity index (χ4n) is 8.86. The summed E-state index contributed by atoms with van der Waals surface area (Å²) in [5.41, 5.74) is -0.0646. The van der Waals surface area contributed by atoms with Crippen LogP contribution in [0, 0.1) is 17.8 Å². The number of nitrogens with zero attached hydrogens (tertiary/aromatic N) is 3. The second-order valence-corrected chi connectivity index (χ2v) is 16.3. The summed E-state index contributed by atoms with van der Waals surface area (Å²) in [5.74, 6) is -3.84. The molecule has 3 aliphatic heterocycles. The third kappa shape index (κ3) is 7.27. The number of benzene rings is 3. The standard InChI is InChI=1S/C44H52BrN3O7/c1-7-10-20-35(50)46(6)28(5)38(30-17-12-11-13-18-30)54-43(53)36-37-41(51)48(34(26-49)27(4)9-3)40(44(37)25-33(45)39(36)55-44)42(52)47(23-8-2)32-22-21-29-16-14-15-19-31(29)24-32/h7-8,11-19,21-22,24,27-28,33-34,36-40,49H,1-2,9-10,20,23,25-26H2,3-6H3/t27-,28+,33?,34-,36+,37-,38-,39+,40+,44-/m0/s1. The van der Waals surface area contributed by atoms with Crippen molar-refractivity contribution in [1.82, 2.24) is 9.80 Å². The lowest BCUT2D eigenvalue weighted by molar-refractivity contribution is -0.165. The quantitative estimate of drug-likeness (QED) is 0.0984. The predicted molar refractivity (Wildman–Crippen MR) is 216 cm³/mol. The van der Waals surface area contributed by atoms with E-state index in [0.717, 1.165) is 10.8 Å². The maximum atomic E-state index is 15.3. The van der Waals surface area contributed by atoms with E-state index in [2.05, 4.69) is 29.1 Å². The Morgan fingerprint density at radius 1 is 1.05 bits per heavy atom. The van der Waals surface area contributed by atoms with Crippen LogP contribution in [-0.4, -0.2) is 93.5 Å². The molecule has 0 aromatic heterocycles. The van der Waals surface area contributed by atoms with Crippen LogP contribution in [0.4, 0.5) is 5.69 Å². The Balaban J connectivity index is 1.41. The monoisotopic (exact) mass is 813 g/mol. The summed E-state index contributed by atoms with van der Waals surface area (Å²) in [4.78, 5) is 62.6. The van der Waals surface area contributed by atoms with Gasteiger partial charge in [-0.15, -0.1) is 13.2 Å². The number of amides is 3. The average Bonchev–Trinajstić information content (AvgIpc) is 3.80. The second kappa shape index (κ2) is 16.8. The molecule has 292 valence electrons. The normalized spacial score (nSPS) is 26.2. The van der Waals surface area contributed by atoms with Crippen LogP contribution in [0.5, 0.6) is 0 Å². The molecule has 3 saturated heterocycles. The molecule has 0 radical (unpaired) electrons. The van der Waals surface area contributed by atoms with Crippen LogP contribution in [-0.2, 0) is 28.7 Å². The number of anilines is 1. The molecule has 3 heterocycles. The van der Waals surface area contributed by atoms with Crippen LogP contribution < -0.4 is 4.90 Å². The fraction of sp³-hybridized carbons (Fsp3) is 0.455. The minimum atomic E-state index is -1.39. The lowest BCUT2D eigenvalue weighted by atomic mass is 9.70.